The molecule has 2 N–H and O–H groups in total. The smallest absolute Gasteiger partial charge is 0.322 e. The summed E-state index contributed by atoms with van der Waals surface area (Å²) in [4.78, 5) is 40.8. The van der Waals surface area contributed by atoms with Crippen LogP contribution in [0.5, 0.6) is 0 Å². The van der Waals surface area contributed by atoms with Gasteiger partial charge in [0.25, 0.3) is 5.91 Å². The molecule has 0 aliphatic heterocycles. The molecule has 38 heavy (non-hydrogen) atoms. The zero-order valence-electron chi connectivity index (χ0n) is 20.1. The summed E-state index contributed by atoms with van der Waals surface area (Å²) in [5.74, 6) is -0.305. The number of benzene rings is 1. The van der Waals surface area contributed by atoms with E-state index in [0.717, 1.165) is 35.7 Å². The lowest BCUT2D eigenvalue weighted by Crippen LogP contribution is -2.15. The van der Waals surface area contributed by atoms with Gasteiger partial charge in [-0.2, -0.15) is 13.2 Å². The highest BCUT2D eigenvalue weighted by Crippen LogP contribution is 2.32. The molecule has 8 nitrogen and oxygen atoms in total. The highest BCUT2D eigenvalue weighted by Gasteiger charge is 2.33. The second-order valence-electron chi connectivity index (χ2n) is 8.93. The molecule has 4 aromatic rings. The van der Waals surface area contributed by atoms with Crippen LogP contribution in [0.3, 0.4) is 0 Å². The van der Waals surface area contributed by atoms with Crippen LogP contribution in [-0.2, 0) is 11.0 Å². The molecule has 0 unspecified atom stereocenters. The Balaban J connectivity index is 1.38. The topological polar surface area (TPSA) is 110 Å². The van der Waals surface area contributed by atoms with Gasteiger partial charge in [-0.25, -0.2) is 9.97 Å². The number of aryl methyl sites for hydroxylation is 1. The maximum atomic E-state index is 13.0. The van der Waals surface area contributed by atoms with Crippen LogP contribution >= 0.6 is 0 Å². The van der Waals surface area contributed by atoms with Gasteiger partial charge in [-0.15, -0.1) is 0 Å². The summed E-state index contributed by atoms with van der Waals surface area (Å²) in [5, 5.41) is 5.45. The molecule has 5 rings (SSSR count). The molecule has 0 radical (unpaired) electrons. The van der Waals surface area contributed by atoms with Crippen LogP contribution in [0, 0.1) is 12.8 Å². The fraction of sp³-hybridized carbons (Fsp3) is 0.185. The first kappa shape index (κ1) is 25.0. The van der Waals surface area contributed by atoms with E-state index >= 15 is 0 Å². The van der Waals surface area contributed by atoms with Gasteiger partial charge in [0.1, 0.15) is 17.8 Å². The number of halogens is 3. The summed E-state index contributed by atoms with van der Waals surface area (Å²) >= 11 is 0. The lowest BCUT2D eigenvalue weighted by Gasteiger charge is -2.12. The Hall–Kier alpha value is -4.67. The number of alkyl halides is 3. The zero-order valence-corrected chi connectivity index (χ0v) is 20.1. The number of nitrogens with zero attached hydrogens (tertiary/aromatic N) is 4. The number of amides is 2. The predicted octanol–water partition coefficient (Wildman–Crippen LogP) is 5.53. The van der Waals surface area contributed by atoms with Crippen molar-refractivity contribution in [2.45, 2.75) is 25.9 Å². The van der Waals surface area contributed by atoms with Crippen molar-refractivity contribution in [2.24, 2.45) is 5.92 Å². The molecule has 1 saturated carbocycles. The number of nitrogens with one attached hydrogen (secondary N) is 2. The molecule has 0 saturated heterocycles. The van der Waals surface area contributed by atoms with E-state index in [1.54, 1.807) is 36.7 Å². The molecule has 1 fully saturated rings. The number of anilines is 2. The Labute approximate surface area is 215 Å². The number of hydrogen-bond donors (Lipinski definition) is 2. The number of pyridine rings is 2. The number of carbonyl (C=O) groups is 2. The minimum Gasteiger partial charge on any atom is -0.322 e. The van der Waals surface area contributed by atoms with E-state index in [-0.39, 0.29) is 17.4 Å². The van der Waals surface area contributed by atoms with Crippen LogP contribution in [0.2, 0.25) is 0 Å². The number of rotatable bonds is 6. The highest BCUT2D eigenvalue weighted by molar-refractivity contribution is 6.04. The normalized spacial score (nSPS) is 13.2. The molecule has 0 atom stereocenters. The molecule has 2 amide bonds. The zero-order chi connectivity index (χ0) is 26.9. The maximum Gasteiger partial charge on any atom is 0.433 e. The van der Waals surface area contributed by atoms with E-state index in [9.17, 15) is 22.8 Å². The van der Waals surface area contributed by atoms with Gasteiger partial charge < -0.3 is 10.6 Å². The van der Waals surface area contributed by atoms with Crippen molar-refractivity contribution >= 4 is 23.3 Å². The lowest BCUT2D eigenvalue weighted by molar-refractivity contribution is -0.141. The van der Waals surface area contributed by atoms with Gasteiger partial charge in [0.2, 0.25) is 5.91 Å². The van der Waals surface area contributed by atoms with Crippen molar-refractivity contribution in [3.05, 3.63) is 84.2 Å². The largest absolute Gasteiger partial charge is 0.433 e. The molecule has 192 valence electrons. The average molecular weight is 518 g/mol. The van der Waals surface area contributed by atoms with Crippen molar-refractivity contribution in [2.75, 3.05) is 10.6 Å². The second kappa shape index (κ2) is 10.0. The van der Waals surface area contributed by atoms with Gasteiger partial charge in [-0.1, -0.05) is 6.07 Å². The van der Waals surface area contributed by atoms with Crippen LogP contribution in [-0.4, -0.2) is 31.8 Å². The van der Waals surface area contributed by atoms with Gasteiger partial charge in [-0.3, -0.25) is 19.6 Å². The van der Waals surface area contributed by atoms with E-state index in [1.165, 1.54) is 12.4 Å². The quantitative estimate of drug-likeness (QED) is 0.347. The highest BCUT2D eigenvalue weighted by atomic mass is 19.4. The van der Waals surface area contributed by atoms with Crippen LogP contribution in [0.4, 0.5) is 24.7 Å². The Kier molecular flexibility index (Phi) is 6.58. The van der Waals surface area contributed by atoms with Gasteiger partial charge >= 0.3 is 6.18 Å². The van der Waals surface area contributed by atoms with E-state index in [1.807, 2.05) is 13.0 Å². The Morgan fingerprint density at radius 2 is 1.71 bits per heavy atom. The molecule has 3 heterocycles. The SMILES string of the molecule is Cc1ccc(NC(=O)c2ccnc(C(F)(F)F)c2)cc1-c1cncc(-c2cc(NC(=O)C3CC3)ncn2)c1. The van der Waals surface area contributed by atoms with E-state index in [0.29, 0.717) is 28.8 Å². The van der Waals surface area contributed by atoms with E-state index < -0.39 is 17.8 Å². The molecule has 1 aliphatic rings. The summed E-state index contributed by atoms with van der Waals surface area (Å²) in [7, 11) is 0. The molecule has 1 aliphatic carbocycles. The number of hydrogen-bond acceptors (Lipinski definition) is 6. The number of aromatic nitrogens is 4. The van der Waals surface area contributed by atoms with Gasteiger partial charge in [0.15, 0.2) is 0 Å². The Bertz CT molecular complexity index is 1540. The van der Waals surface area contributed by atoms with Crippen LogP contribution < -0.4 is 10.6 Å². The second-order valence-corrected chi connectivity index (χ2v) is 8.93. The van der Waals surface area contributed by atoms with Crippen molar-refractivity contribution in [3.63, 3.8) is 0 Å². The standard InChI is InChI=1S/C27H21F3N6O2/c1-15-2-5-20(35-26(38)17-6-7-32-23(9-17)27(28,29)30)10-21(15)18-8-19(13-31-12-18)22-11-24(34-14-33-22)36-25(37)16-3-4-16/h2,5-14,16H,3-4H2,1H3,(H,35,38)(H,33,34,36,37). The van der Waals surface area contributed by atoms with Crippen LogP contribution in [0.15, 0.2) is 67.4 Å². The molecule has 11 heteroatoms. The first-order valence-corrected chi connectivity index (χ1v) is 11.7. The Morgan fingerprint density at radius 1 is 0.921 bits per heavy atom. The fourth-order valence-corrected chi connectivity index (χ4v) is 3.83. The summed E-state index contributed by atoms with van der Waals surface area (Å²) < 4.78 is 39.0. The lowest BCUT2D eigenvalue weighted by atomic mass is 9.99. The van der Waals surface area contributed by atoms with Crippen LogP contribution in [0.1, 0.15) is 34.5 Å². The predicted molar refractivity (Wildman–Crippen MR) is 134 cm³/mol. The third-order valence-corrected chi connectivity index (χ3v) is 6.02. The van der Waals surface area contributed by atoms with E-state index in [2.05, 4.69) is 30.6 Å². The summed E-state index contributed by atoms with van der Waals surface area (Å²) in [6.45, 7) is 1.89. The third kappa shape index (κ3) is 5.66. The van der Waals surface area contributed by atoms with Gasteiger partial charge in [-0.05, 0) is 61.2 Å². The molecule has 0 spiro atoms. The monoisotopic (exact) mass is 518 g/mol. The third-order valence-electron chi connectivity index (χ3n) is 6.02. The van der Waals surface area contributed by atoms with Crippen molar-refractivity contribution < 1.29 is 22.8 Å². The van der Waals surface area contributed by atoms with E-state index in [4.69, 9.17) is 0 Å². The first-order valence-electron chi connectivity index (χ1n) is 11.7. The first-order chi connectivity index (χ1) is 18.2. The van der Waals surface area contributed by atoms with Gasteiger partial charge in [0, 0.05) is 53.0 Å². The maximum absolute atomic E-state index is 13.0. The van der Waals surface area contributed by atoms with Crippen molar-refractivity contribution in [3.8, 4) is 22.4 Å². The minimum atomic E-state index is -4.65. The van der Waals surface area contributed by atoms with Crippen molar-refractivity contribution in [1.82, 2.24) is 19.9 Å². The fourth-order valence-electron chi connectivity index (χ4n) is 3.83. The summed E-state index contributed by atoms with van der Waals surface area (Å²) in [5.41, 5.74) is 2.76. The molecule has 3 aromatic heterocycles. The van der Waals surface area contributed by atoms with Gasteiger partial charge in [0.05, 0.1) is 5.69 Å². The summed E-state index contributed by atoms with van der Waals surface area (Å²) in [6, 6.07) is 10.7. The minimum absolute atomic E-state index is 0.0411. The van der Waals surface area contributed by atoms with Crippen molar-refractivity contribution in [1.29, 1.82) is 0 Å². The number of carbonyl (C=O) groups excluding carboxylic acids is 2. The van der Waals surface area contributed by atoms with Crippen LogP contribution in [0.25, 0.3) is 22.4 Å². The average Bonchev–Trinajstić information content (AvgIpc) is 3.75. The molecular formula is C27H21F3N6O2. The Morgan fingerprint density at radius 3 is 2.47 bits per heavy atom. The molecule has 0 bridgehead atoms. The molecular weight excluding hydrogens is 497 g/mol. The summed E-state index contributed by atoms with van der Waals surface area (Å²) in [6.07, 6.45) is 2.73. The molecule has 1 aromatic carbocycles.